The van der Waals surface area contributed by atoms with Gasteiger partial charge in [-0.1, -0.05) is 20.3 Å². The molecule has 4 saturated carbocycles. The fourth-order valence-electron chi connectivity index (χ4n) is 8.93. The highest BCUT2D eigenvalue weighted by Crippen LogP contribution is 2.64. The molecule has 5 rings (SSSR count). The van der Waals surface area contributed by atoms with Crippen molar-refractivity contribution in [3.05, 3.63) is 29.6 Å². The van der Waals surface area contributed by atoms with E-state index in [1.54, 1.807) is 12.1 Å². The molecule has 4 heteroatoms. The van der Waals surface area contributed by atoms with Crippen LogP contribution in [0.2, 0.25) is 0 Å². The van der Waals surface area contributed by atoms with Gasteiger partial charge in [-0.25, -0.2) is 4.98 Å². The van der Waals surface area contributed by atoms with E-state index in [4.69, 9.17) is 5.26 Å². The lowest BCUT2D eigenvalue weighted by molar-refractivity contribution is -0.0698. The number of hydrogen-bond acceptors (Lipinski definition) is 3. The topological polar surface area (TPSA) is 65.8 Å². The Kier molecular flexibility index (Phi) is 5.81. The molecule has 3 unspecified atom stereocenters. The van der Waals surface area contributed by atoms with E-state index in [0.29, 0.717) is 22.6 Å². The first-order valence-electron chi connectivity index (χ1n) is 13.1. The van der Waals surface area contributed by atoms with Crippen LogP contribution in [0.15, 0.2) is 18.3 Å². The molecule has 0 saturated heterocycles. The maximum absolute atomic E-state index is 12.8. The molecule has 9 atom stereocenters. The van der Waals surface area contributed by atoms with E-state index in [2.05, 4.69) is 37.1 Å². The first kappa shape index (κ1) is 21.9. The molecule has 0 aliphatic heterocycles. The number of nitrogens with zero attached hydrogens (tertiary/aromatic N) is 2. The van der Waals surface area contributed by atoms with Gasteiger partial charge in [0.15, 0.2) is 0 Å². The van der Waals surface area contributed by atoms with Crippen molar-refractivity contribution in [2.45, 2.75) is 84.6 Å². The Labute approximate surface area is 193 Å². The third kappa shape index (κ3) is 3.66. The Balaban J connectivity index is 1.27. The second-order valence-corrected chi connectivity index (χ2v) is 11.9. The lowest BCUT2D eigenvalue weighted by Crippen LogP contribution is -2.51. The van der Waals surface area contributed by atoms with Crippen LogP contribution in [0.5, 0.6) is 0 Å². The van der Waals surface area contributed by atoms with E-state index >= 15 is 0 Å². The number of nitriles is 1. The molecule has 4 aliphatic carbocycles. The Morgan fingerprint density at radius 2 is 1.94 bits per heavy atom. The normalized spacial score (nSPS) is 41.5. The SMILES string of the molecule is C[C@H]1CC[C@@H]2C3CC[C@@]4(C)C(CCC4[C@@H](C)NC(=O)c4ccc(C#N)cn4)[C@@H]3CC[C@@H]2C1. The number of hydrogen-bond donors (Lipinski definition) is 1. The van der Waals surface area contributed by atoms with Crippen LogP contribution in [-0.2, 0) is 0 Å². The Morgan fingerprint density at radius 3 is 2.69 bits per heavy atom. The summed E-state index contributed by atoms with van der Waals surface area (Å²) in [5.41, 5.74) is 1.24. The first-order chi connectivity index (χ1) is 15.4. The molecule has 0 aromatic carbocycles. The minimum Gasteiger partial charge on any atom is -0.348 e. The van der Waals surface area contributed by atoms with Gasteiger partial charge < -0.3 is 5.32 Å². The average molecular weight is 434 g/mol. The standard InChI is InChI=1S/C28H39N3O/c1-17-4-7-21-20(14-17)6-8-23-22(21)12-13-28(3)24(9-10-25(23)28)18(2)31-27(32)26-11-5-19(15-29)16-30-26/h5,11,16-18,20-25H,4,6-10,12-14H2,1-3H3,(H,31,32)/t17-,18+,20+,21-,22?,23+,24?,25?,28+/m0/s1. The number of aromatic nitrogens is 1. The summed E-state index contributed by atoms with van der Waals surface area (Å²) in [5.74, 6) is 6.07. The number of rotatable bonds is 3. The highest BCUT2D eigenvalue weighted by molar-refractivity contribution is 5.92. The van der Waals surface area contributed by atoms with Crippen molar-refractivity contribution < 1.29 is 4.79 Å². The first-order valence-corrected chi connectivity index (χ1v) is 13.1. The molecule has 1 aromatic heterocycles. The molecule has 1 aromatic rings. The van der Waals surface area contributed by atoms with Gasteiger partial charge in [-0.15, -0.1) is 0 Å². The summed E-state index contributed by atoms with van der Waals surface area (Å²) in [7, 11) is 0. The molecule has 1 amide bonds. The van der Waals surface area contributed by atoms with Crippen molar-refractivity contribution in [2.24, 2.45) is 46.8 Å². The van der Waals surface area contributed by atoms with Gasteiger partial charge in [0, 0.05) is 12.2 Å². The molecule has 32 heavy (non-hydrogen) atoms. The Hall–Kier alpha value is -1.89. The molecule has 0 spiro atoms. The summed E-state index contributed by atoms with van der Waals surface area (Å²) < 4.78 is 0. The van der Waals surface area contributed by atoms with Crippen LogP contribution in [-0.4, -0.2) is 16.9 Å². The van der Waals surface area contributed by atoms with Gasteiger partial charge >= 0.3 is 0 Å². The summed E-state index contributed by atoms with van der Waals surface area (Å²) in [4.78, 5) is 17.0. The van der Waals surface area contributed by atoms with Gasteiger partial charge in [0.25, 0.3) is 5.91 Å². The highest BCUT2D eigenvalue weighted by Gasteiger charge is 2.57. The van der Waals surface area contributed by atoms with Crippen LogP contribution in [0.25, 0.3) is 0 Å². The van der Waals surface area contributed by atoms with E-state index in [-0.39, 0.29) is 11.9 Å². The van der Waals surface area contributed by atoms with Crippen LogP contribution in [0.3, 0.4) is 0 Å². The molecule has 172 valence electrons. The van der Waals surface area contributed by atoms with Crippen LogP contribution in [0.1, 0.15) is 94.6 Å². The molecular formula is C28H39N3O. The third-order valence-electron chi connectivity index (χ3n) is 10.4. The van der Waals surface area contributed by atoms with Crippen LogP contribution in [0.4, 0.5) is 0 Å². The van der Waals surface area contributed by atoms with Gasteiger partial charge in [-0.05, 0) is 117 Å². The fraction of sp³-hybridized carbons (Fsp3) is 0.750. The van der Waals surface area contributed by atoms with Crippen molar-refractivity contribution >= 4 is 5.91 Å². The van der Waals surface area contributed by atoms with Gasteiger partial charge in [0.05, 0.1) is 5.56 Å². The molecule has 4 aliphatic rings. The van der Waals surface area contributed by atoms with Crippen molar-refractivity contribution in [3.63, 3.8) is 0 Å². The van der Waals surface area contributed by atoms with E-state index in [1.807, 2.05) is 0 Å². The van der Waals surface area contributed by atoms with Gasteiger partial charge in [0.1, 0.15) is 11.8 Å². The highest BCUT2D eigenvalue weighted by atomic mass is 16.1. The number of amides is 1. The van der Waals surface area contributed by atoms with Crippen molar-refractivity contribution in [1.29, 1.82) is 5.26 Å². The zero-order valence-corrected chi connectivity index (χ0v) is 20.0. The molecule has 4 nitrogen and oxygen atoms in total. The molecular weight excluding hydrogens is 394 g/mol. The smallest absolute Gasteiger partial charge is 0.270 e. The Bertz CT molecular complexity index is 889. The monoisotopic (exact) mass is 433 g/mol. The largest absolute Gasteiger partial charge is 0.348 e. The maximum Gasteiger partial charge on any atom is 0.270 e. The lowest BCUT2D eigenvalue weighted by Gasteiger charge is -2.56. The lowest BCUT2D eigenvalue weighted by atomic mass is 9.49. The summed E-state index contributed by atoms with van der Waals surface area (Å²) in [6.45, 7) is 7.21. The number of nitrogens with one attached hydrogen (secondary N) is 1. The maximum atomic E-state index is 12.8. The number of fused-ring (bicyclic) bond motifs is 5. The molecule has 1 heterocycles. The van der Waals surface area contributed by atoms with Gasteiger partial charge in [-0.3, -0.25) is 4.79 Å². The Morgan fingerprint density at radius 1 is 1.12 bits per heavy atom. The van der Waals surface area contributed by atoms with Crippen LogP contribution >= 0.6 is 0 Å². The van der Waals surface area contributed by atoms with Crippen LogP contribution < -0.4 is 5.32 Å². The minimum absolute atomic E-state index is 0.112. The average Bonchev–Trinajstić information content (AvgIpc) is 3.16. The zero-order valence-electron chi connectivity index (χ0n) is 20.0. The quantitative estimate of drug-likeness (QED) is 0.638. The second-order valence-electron chi connectivity index (χ2n) is 11.9. The summed E-state index contributed by atoms with van der Waals surface area (Å²) in [6.07, 6.45) is 14.1. The number of carbonyl (C=O) groups is 1. The molecule has 0 bridgehead atoms. The molecule has 4 fully saturated rings. The van der Waals surface area contributed by atoms with Gasteiger partial charge in [0.2, 0.25) is 0 Å². The summed E-state index contributed by atoms with van der Waals surface area (Å²) >= 11 is 0. The molecule has 1 N–H and O–H groups in total. The zero-order chi connectivity index (χ0) is 22.5. The van der Waals surface area contributed by atoms with Crippen molar-refractivity contribution in [3.8, 4) is 6.07 Å². The van der Waals surface area contributed by atoms with Crippen LogP contribution in [0, 0.1) is 58.2 Å². The predicted molar refractivity (Wildman–Crippen MR) is 126 cm³/mol. The van der Waals surface area contributed by atoms with Gasteiger partial charge in [-0.2, -0.15) is 5.26 Å². The van der Waals surface area contributed by atoms with E-state index in [1.165, 1.54) is 64.0 Å². The summed E-state index contributed by atoms with van der Waals surface area (Å²) in [5, 5.41) is 12.2. The predicted octanol–water partition coefficient (Wildman–Crippen LogP) is 5.98. The minimum atomic E-state index is -0.112. The fourth-order valence-corrected chi connectivity index (χ4v) is 8.93. The second kappa shape index (κ2) is 8.47. The van der Waals surface area contributed by atoms with E-state index in [9.17, 15) is 4.79 Å². The third-order valence-corrected chi connectivity index (χ3v) is 10.4. The summed E-state index contributed by atoms with van der Waals surface area (Å²) in [6, 6.07) is 5.54. The molecule has 0 radical (unpaired) electrons. The van der Waals surface area contributed by atoms with E-state index < -0.39 is 0 Å². The number of carbonyl (C=O) groups excluding carboxylic acids is 1. The van der Waals surface area contributed by atoms with Crippen molar-refractivity contribution in [2.75, 3.05) is 0 Å². The van der Waals surface area contributed by atoms with E-state index in [0.717, 1.165) is 35.5 Å². The van der Waals surface area contributed by atoms with Crippen molar-refractivity contribution in [1.82, 2.24) is 10.3 Å². The number of pyridine rings is 1.